The van der Waals surface area contributed by atoms with E-state index in [-0.39, 0.29) is 0 Å². The molecule has 2 rings (SSSR count). The van der Waals surface area contributed by atoms with Gasteiger partial charge in [-0.2, -0.15) is 0 Å². The summed E-state index contributed by atoms with van der Waals surface area (Å²) in [5.41, 5.74) is 0.336. The van der Waals surface area contributed by atoms with Crippen molar-refractivity contribution in [3.8, 4) is 11.5 Å². The second kappa shape index (κ2) is 6.80. The number of carbonyl (C=O) groups is 1. The largest absolute Gasteiger partial charge is 0.490 e. The van der Waals surface area contributed by atoms with Crippen molar-refractivity contribution in [2.45, 2.75) is 33.2 Å². The summed E-state index contributed by atoms with van der Waals surface area (Å²) in [5, 5.41) is 12.4. The topological polar surface area (TPSA) is 67.8 Å². The maximum absolute atomic E-state index is 11.1. The Morgan fingerprint density at radius 3 is 2.86 bits per heavy atom. The molecule has 0 bridgehead atoms. The summed E-state index contributed by atoms with van der Waals surface area (Å²) < 4.78 is 11.4. The van der Waals surface area contributed by atoms with E-state index >= 15 is 0 Å². The molecule has 5 heteroatoms. The van der Waals surface area contributed by atoms with Crippen LogP contribution in [-0.2, 0) is 11.3 Å². The minimum Gasteiger partial charge on any atom is -0.490 e. The Labute approximate surface area is 125 Å². The zero-order valence-corrected chi connectivity index (χ0v) is 12.6. The zero-order chi connectivity index (χ0) is 15.3. The summed E-state index contributed by atoms with van der Waals surface area (Å²) >= 11 is 0. The van der Waals surface area contributed by atoms with E-state index in [1.807, 2.05) is 18.2 Å². The second-order valence-corrected chi connectivity index (χ2v) is 5.91. The number of aliphatic carboxylic acids is 1. The predicted octanol–water partition coefficient (Wildman–Crippen LogP) is 2.44. The van der Waals surface area contributed by atoms with Gasteiger partial charge < -0.3 is 19.9 Å². The monoisotopic (exact) mass is 293 g/mol. The molecule has 5 nitrogen and oxygen atoms in total. The van der Waals surface area contributed by atoms with Crippen LogP contribution in [0.2, 0.25) is 0 Å². The Bertz CT molecular complexity index is 499. The van der Waals surface area contributed by atoms with Gasteiger partial charge in [0.1, 0.15) is 0 Å². The molecule has 1 aliphatic heterocycles. The number of benzene rings is 1. The molecule has 21 heavy (non-hydrogen) atoms. The summed E-state index contributed by atoms with van der Waals surface area (Å²) in [5.74, 6) is 0.826. The fourth-order valence-corrected chi connectivity index (χ4v) is 2.12. The number of para-hydroxylation sites is 1. The van der Waals surface area contributed by atoms with E-state index in [4.69, 9.17) is 14.6 Å². The molecule has 1 heterocycles. The van der Waals surface area contributed by atoms with Gasteiger partial charge in [-0.3, -0.25) is 4.79 Å². The molecule has 0 aliphatic carbocycles. The Morgan fingerprint density at radius 1 is 1.33 bits per heavy atom. The molecule has 2 N–H and O–H groups in total. The quantitative estimate of drug-likeness (QED) is 0.789. The van der Waals surface area contributed by atoms with Crippen LogP contribution in [0.5, 0.6) is 11.5 Å². The first-order valence-electron chi connectivity index (χ1n) is 7.32. The van der Waals surface area contributed by atoms with E-state index in [9.17, 15) is 4.79 Å². The van der Waals surface area contributed by atoms with Gasteiger partial charge >= 0.3 is 5.97 Å². The molecule has 116 valence electrons. The molecule has 0 saturated carbocycles. The van der Waals surface area contributed by atoms with Crippen molar-refractivity contribution in [2.75, 3.05) is 19.8 Å². The van der Waals surface area contributed by atoms with Gasteiger partial charge in [0.2, 0.25) is 0 Å². The van der Waals surface area contributed by atoms with Crippen molar-refractivity contribution in [2.24, 2.45) is 5.41 Å². The molecule has 1 aliphatic rings. The standard InChI is InChI=1S/C16H23NO4/c1-16(2,15(18)19)7-8-17-11-12-5-3-6-13-14(12)21-10-4-9-20-13/h3,5-6,17H,4,7-11H2,1-2H3,(H,18,19). The SMILES string of the molecule is CC(C)(CCNCc1cccc2c1OCCCO2)C(=O)O. The third-order valence-electron chi connectivity index (χ3n) is 3.67. The fraction of sp³-hybridized carbons (Fsp3) is 0.562. The molecule has 0 unspecified atom stereocenters. The Morgan fingerprint density at radius 2 is 2.10 bits per heavy atom. The van der Waals surface area contributed by atoms with Crippen LogP contribution in [0, 0.1) is 5.41 Å². The van der Waals surface area contributed by atoms with E-state index in [0.717, 1.165) is 23.5 Å². The molecule has 1 aromatic carbocycles. The van der Waals surface area contributed by atoms with Crippen LogP contribution in [0.3, 0.4) is 0 Å². The molecule has 0 atom stereocenters. The minimum atomic E-state index is -0.769. The number of hydrogen-bond acceptors (Lipinski definition) is 4. The van der Waals surface area contributed by atoms with Crippen LogP contribution in [0.4, 0.5) is 0 Å². The lowest BCUT2D eigenvalue weighted by molar-refractivity contribution is -0.147. The molecule has 0 radical (unpaired) electrons. The number of hydrogen-bond donors (Lipinski definition) is 2. The van der Waals surface area contributed by atoms with Gasteiger partial charge in [0, 0.05) is 18.5 Å². The normalized spacial score (nSPS) is 14.6. The first-order chi connectivity index (χ1) is 10.0. The maximum atomic E-state index is 11.1. The summed E-state index contributed by atoms with van der Waals surface area (Å²) in [6, 6.07) is 5.87. The number of fused-ring (bicyclic) bond motifs is 1. The van der Waals surface area contributed by atoms with Crippen LogP contribution in [0.1, 0.15) is 32.3 Å². The van der Waals surface area contributed by atoms with E-state index in [1.54, 1.807) is 13.8 Å². The highest BCUT2D eigenvalue weighted by atomic mass is 16.5. The van der Waals surface area contributed by atoms with Gasteiger partial charge in [-0.05, 0) is 32.9 Å². The fourth-order valence-electron chi connectivity index (χ4n) is 2.12. The lowest BCUT2D eigenvalue weighted by atomic mass is 9.90. The smallest absolute Gasteiger partial charge is 0.309 e. The van der Waals surface area contributed by atoms with Crippen molar-refractivity contribution in [3.63, 3.8) is 0 Å². The molecular weight excluding hydrogens is 270 g/mol. The number of rotatable bonds is 6. The second-order valence-electron chi connectivity index (χ2n) is 5.91. The average molecular weight is 293 g/mol. The predicted molar refractivity (Wildman–Crippen MR) is 79.8 cm³/mol. The third-order valence-corrected chi connectivity index (χ3v) is 3.67. The van der Waals surface area contributed by atoms with Crippen molar-refractivity contribution in [1.29, 1.82) is 0 Å². The highest BCUT2D eigenvalue weighted by Crippen LogP contribution is 2.33. The number of carboxylic acid groups (broad SMARTS) is 1. The van der Waals surface area contributed by atoms with Crippen molar-refractivity contribution < 1.29 is 19.4 Å². The van der Waals surface area contributed by atoms with Crippen molar-refractivity contribution in [3.05, 3.63) is 23.8 Å². The Hall–Kier alpha value is -1.75. The van der Waals surface area contributed by atoms with Crippen molar-refractivity contribution in [1.82, 2.24) is 5.32 Å². The molecular formula is C16H23NO4. The zero-order valence-electron chi connectivity index (χ0n) is 12.6. The summed E-state index contributed by atoms with van der Waals surface area (Å²) in [6.45, 7) is 6.10. The first-order valence-corrected chi connectivity index (χ1v) is 7.32. The summed E-state index contributed by atoms with van der Waals surface area (Å²) in [6.07, 6.45) is 1.46. The minimum absolute atomic E-state index is 0.578. The number of nitrogens with one attached hydrogen (secondary N) is 1. The molecule has 0 amide bonds. The lowest BCUT2D eigenvalue weighted by Gasteiger charge is -2.19. The molecule has 0 saturated heterocycles. The average Bonchev–Trinajstić information content (AvgIpc) is 2.69. The van der Waals surface area contributed by atoms with Crippen LogP contribution in [0.15, 0.2) is 18.2 Å². The molecule has 0 fully saturated rings. The van der Waals surface area contributed by atoms with E-state index in [1.165, 1.54) is 0 Å². The maximum Gasteiger partial charge on any atom is 0.309 e. The molecule has 0 spiro atoms. The van der Waals surface area contributed by atoms with Gasteiger partial charge in [-0.1, -0.05) is 12.1 Å². The van der Waals surface area contributed by atoms with Gasteiger partial charge in [-0.15, -0.1) is 0 Å². The number of ether oxygens (including phenoxy) is 2. The Balaban J connectivity index is 1.91. The molecule has 1 aromatic rings. The van der Waals surface area contributed by atoms with Crippen LogP contribution < -0.4 is 14.8 Å². The van der Waals surface area contributed by atoms with Gasteiger partial charge in [0.05, 0.1) is 18.6 Å². The van der Waals surface area contributed by atoms with Crippen LogP contribution in [-0.4, -0.2) is 30.8 Å². The van der Waals surface area contributed by atoms with E-state index < -0.39 is 11.4 Å². The molecule has 0 aromatic heterocycles. The van der Waals surface area contributed by atoms with Crippen LogP contribution in [0.25, 0.3) is 0 Å². The van der Waals surface area contributed by atoms with Gasteiger partial charge in [0.25, 0.3) is 0 Å². The number of carboxylic acids is 1. The van der Waals surface area contributed by atoms with Crippen LogP contribution >= 0.6 is 0 Å². The van der Waals surface area contributed by atoms with Gasteiger partial charge in [-0.25, -0.2) is 0 Å². The van der Waals surface area contributed by atoms with E-state index in [0.29, 0.717) is 32.7 Å². The highest BCUT2D eigenvalue weighted by molar-refractivity contribution is 5.73. The first kappa shape index (κ1) is 15.6. The summed E-state index contributed by atoms with van der Waals surface area (Å²) in [7, 11) is 0. The van der Waals surface area contributed by atoms with Crippen molar-refractivity contribution >= 4 is 5.97 Å². The highest BCUT2D eigenvalue weighted by Gasteiger charge is 2.26. The third kappa shape index (κ3) is 4.11. The summed E-state index contributed by atoms with van der Waals surface area (Å²) in [4.78, 5) is 11.1. The van der Waals surface area contributed by atoms with E-state index in [2.05, 4.69) is 5.32 Å². The van der Waals surface area contributed by atoms with Gasteiger partial charge in [0.15, 0.2) is 11.5 Å². The lowest BCUT2D eigenvalue weighted by Crippen LogP contribution is -2.28. The Kier molecular flexibility index (Phi) is 5.07.